The van der Waals surface area contributed by atoms with E-state index in [0.29, 0.717) is 12.2 Å². The molecule has 0 aromatic heterocycles. The van der Waals surface area contributed by atoms with Crippen molar-refractivity contribution in [3.63, 3.8) is 0 Å². The zero-order chi connectivity index (χ0) is 17.5. The fourth-order valence-corrected chi connectivity index (χ4v) is 2.71. The van der Waals surface area contributed by atoms with Crippen molar-refractivity contribution in [2.24, 2.45) is 0 Å². The molecule has 0 aliphatic heterocycles. The van der Waals surface area contributed by atoms with Gasteiger partial charge in [0.25, 0.3) is 5.91 Å². The zero-order valence-electron chi connectivity index (χ0n) is 14.2. The Labute approximate surface area is 148 Å². The lowest BCUT2D eigenvalue weighted by atomic mass is 9.99. The lowest BCUT2D eigenvalue weighted by Gasteiger charge is -2.11. The van der Waals surface area contributed by atoms with Crippen LogP contribution >= 0.6 is 0 Å². The maximum atomic E-state index is 12.7. The van der Waals surface area contributed by atoms with Crippen molar-refractivity contribution in [2.45, 2.75) is 13.3 Å². The highest BCUT2D eigenvalue weighted by atomic mass is 16.5. The lowest BCUT2D eigenvalue weighted by molar-refractivity contribution is 0.102. The van der Waals surface area contributed by atoms with Crippen LogP contribution in [0.25, 0.3) is 0 Å². The molecule has 0 heterocycles. The van der Waals surface area contributed by atoms with Gasteiger partial charge in [-0.3, -0.25) is 4.79 Å². The summed E-state index contributed by atoms with van der Waals surface area (Å²) in [6.45, 7) is 2.57. The summed E-state index contributed by atoms with van der Waals surface area (Å²) in [5, 5.41) is 2.96. The minimum absolute atomic E-state index is 0.101. The Hall–Kier alpha value is -3.07. The molecule has 0 saturated heterocycles. The number of benzene rings is 3. The molecule has 3 aromatic rings. The Morgan fingerprint density at radius 1 is 0.880 bits per heavy atom. The van der Waals surface area contributed by atoms with E-state index >= 15 is 0 Å². The molecule has 1 amide bonds. The molecule has 0 fully saturated rings. The zero-order valence-corrected chi connectivity index (χ0v) is 14.2. The first-order chi connectivity index (χ1) is 12.3. The van der Waals surface area contributed by atoms with Crippen LogP contribution in [0.4, 0.5) is 5.69 Å². The van der Waals surface area contributed by atoms with Gasteiger partial charge in [-0.05, 0) is 54.8 Å². The quantitative estimate of drug-likeness (QED) is 0.695. The van der Waals surface area contributed by atoms with Crippen LogP contribution in [-0.4, -0.2) is 12.5 Å². The van der Waals surface area contributed by atoms with Gasteiger partial charge in [-0.15, -0.1) is 0 Å². The Bertz CT molecular complexity index is 826. The van der Waals surface area contributed by atoms with Crippen molar-refractivity contribution < 1.29 is 9.53 Å². The van der Waals surface area contributed by atoms with E-state index in [1.807, 2.05) is 73.7 Å². The smallest absolute Gasteiger partial charge is 0.255 e. The van der Waals surface area contributed by atoms with Crippen LogP contribution in [-0.2, 0) is 6.42 Å². The first kappa shape index (κ1) is 16.8. The third kappa shape index (κ3) is 4.48. The van der Waals surface area contributed by atoms with E-state index in [9.17, 15) is 4.79 Å². The van der Waals surface area contributed by atoms with Crippen molar-refractivity contribution in [2.75, 3.05) is 11.9 Å². The minimum Gasteiger partial charge on any atom is -0.494 e. The predicted octanol–water partition coefficient (Wildman–Crippen LogP) is 4.93. The summed E-state index contributed by atoms with van der Waals surface area (Å²) in [5.41, 5.74) is 3.64. The average Bonchev–Trinajstić information content (AvgIpc) is 2.65. The van der Waals surface area contributed by atoms with E-state index < -0.39 is 0 Å². The van der Waals surface area contributed by atoms with Gasteiger partial charge in [-0.25, -0.2) is 0 Å². The molecule has 0 aliphatic rings. The number of rotatable bonds is 6. The van der Waals surface area contributed by atoms with Crippen LogP contribution in [0.2, 0.25) is 0 Å². The summed E-state index contributed by atoms with van der Waals surface area (Å²) < 4.78 is 5.42. The number of hydrogen-bond donors (Lipinski definition) is 1. The number of hydrogen-bond acceptors (Lipinski definition) is 2. The normalized spacial score (nSPS) is 10.3. The van der Waals surface area contributed by atoms with Gasteiger partial charge in [0, 0.05) is 11.3 Å². The molecule has 1 N–H and O–H groups in total. The van der Waals surface area contributed by atoms with Crippen LogP contribution in [0.3, 0.4) is 0 Å². The molecule has 3 heteroatoms. The molecule has 3 rings (SSSR count). The Balaban J connectivity index is 1.76. The number of carbonyl (C=O) groups excluding carboxylic acids is 1. The molecule has 0 unspecified atom stereocenters. The van der Waals surface area contributed by atoms with Crippen molar-refractivity contribution >= 4 is 11.6 Å². The summed E-state index contributed by atoms with van der Waals surface area (Å²) >= 11 is 0. The summed E-state index contributed by atoms with van der Waals surface area (Å²) in [6.07, 6.45) is 0.730. The number of nitrogens with one attached hydrogen (secondary N) is 1. The molecular weight excluding hydrogens is 310 g/mol. The van der Waals surface area contributed by atoms with Gasteiger partial charge >= 0.3 is 0 Å². The second-order valence-electron chi connectivity index (χ2n) is 5.73. The molecule has 0 spiro atoms. The second kappa shape index (κ2) is 8.15. The fourth-order valence-electron chi connectivity index (χ4n) is 2.71. The van der Waals surface area contributed by atoms with Crippen molar-refractivity contribution in [1.82, 2.24) is 0 Å². The highest BCUT2D eigenvalue weighted by molar-refractivity contribution is 6.05. The van der Waals surface area contributed by atoms with E-state index in [2.05, 4.69) is 17.4 Å². The van der Waals surface area contributed by atoms with Crippen molar-refractivity contribution in [3.8, 4) is 5.75 Å². The monoisotopic (exact) mass is 331 g/mol. The molecule has 25 heavy (non-hydrogen) atoms. The maximum Gasteiger partial charge on any atom is 0.255 e. The molecule has 0 radical (unpaired) electrons. The highest BCUT2D eigenvalue weighted by Crippen LogP contribution is 2.19. The third-order valence-electron chi connectivity index (χ3n) is 3.92. The standard InChI is InChI=1S/C22H21NO2/c1-2-25-20-14-12-19(13-15-20)23-22(24)21-11-7-6-10-18(21)16-17-8-4-3-5-9-17/h3-15H,2,16H2,1H3,(H,23,24). The van der Waals surface area contributed by atoms with Crippen molar-refractivity contribution in [1.29, 1.82) is 0 Å². The largest absolute Gasteiger partial charge is 0.494 e. The fraction of sp³-hybridized carbons (Fsp3) is 0.136. The Kier molecular flexibility index (Phi) is 5.47. The number of carbonyl (C=O) groups is 1. The van der Waals surface area contributed by atoms with Gasteiger partial charge in [-0.1, -0.05) is 48.5 Å². The minimum atomic E-state index is -0.101. The number of anilines is 1. The molecule has 0 bridgehead atoms. The molecule has 0 aliphatic carbocycles. The van der Waals surface area contributed by atoms with Crippen LogP contribution in [0.5, 0.6) is 5.75 Å². The molecule has 0 saturated carbocycles. The second-order valence-corrected chi connectivity index (χ2v) is 5.73. The topological polar surface area (TPSA) is 38.3 Å². The van der Waals surface area contributed by atoms with E-state index in [0.717, 1.165) is 23.4 Å². The lowest BCUT2D eigenvalue weighted by Crippen LogP contribution is -2.14. The molecule has 3 nitrogen and oxygen atoms in total. The van der Waals surface area contributed by atoms with Gasteiger partial charge in [0.15, 0.2) is 0 Å². The number of ether oxygens (including phenoxy) is 1. The van der Waals surface area contributed by atoms with E-state index in [1.54, 1.807) is 0 Å². The average molecular weight is 331 g/mol. The van der Waals surface area contributed by atoms with Gasteiger partial charge < -0.3 is 10.1 Å². The maximum absolute atomic E-state index is 12.7. The van der Waals surface area contributed by atoms with E-state index in [-0.39, 0.29) is 5.91 Å². The number of amides is 1. The summed E-state index contributed by atoms with van der Waals surface area (Å²) in [7, 11) is 0. The molecule has 0 atom stereocenters. The summed E-state index contributed by atoms with van der Waals surface area (Å²) in [5.74, 6) is 0.695. The van der Waals surface area contributed by atoms with Crippen molar-refractivity contribution in [3.05, 3.63) is 95.6 Å². The van der Waals surface area contributed by atoms with Crippen LogP contribution in [0.1, 0.15) is 28.4 Å². The highest BCUT2D eigenvalue weighted by Gasteiger charge is 2.11. The van der Waals surface area contributed by atoms with Gasteiger partial charge in [-0.2, -0.15) is 0 Å². The third-order valence-corrected chi connectivity index (χ3v) is 3.92. The molecule has 3 aromatic carbocycles. The predicted molar refractivity (Wildman–Crippen MR) is 101 cm³/mol. The SMILES string of the molecule is CCOc1ccc(NC(=O)c2ccccc2Cc2ccccc2)cc1. The first-order valence-electron chi connectivity index (χ1n) is 8.42. The van der Waals surface area contributed by atoms with Gasteiger partial charge in [0.05, 0.1) is 6.61 Å². The Morgan fingerprint density at radius 2 is 1.56 bits per heavy atom. The molecular formula is C22H21NO2. The molecule has 126 valence electrons. The van der Waals surface area contributed by atoms with Crippen LogP contribution < -0.4 is 10.1 Å². The van der Waals surface area contributed by atoms with Crippen LogP contribution in [0, 0.1) is 0 Å². The van der Waals surface area contributed by atoms with E-state index in [4.69, 9.17) is 4.74 Å². The van der Waals surface area contributed by atoms with E-state index in [1.165, 1.54) is 5.56 Å². The van der Waals surface area contributed by atoms with Gasteiger partial charge in [0.1, 0.15) is 5.75 Å². The summed E-state index contributed by atoms with van der Waals surface area (Å²) in [6, 6.07) is 25.3. The summed E-state index contributed by atoms with van der Waals surface area (Å²) in [4.78, 5) is 12.7. The first-order valence-corrected chi connectivity index (χ1v) is 8.42. The Morgan fingerprint density at radius 3 is 2.28 bits per heavy atom. The van der Waals surface area contributed by atoms with Gasteiger partial charge in [0.2, 0.25) is 0 Å². The van der Waals surface area contributed by atoms with Crippen LogP contribution in [0.15, 0.2) is 78.9 Å².